The number of allylic oxidation sites excluding steroid dienone is 2. The predicted octanol–water partition coefficient (Wildman–Crippen LogP) is 4.02. The van der Waals surface area contributed by atoms with Gasteiger partial charge in [0.1, 0.15) is 22.8 Å². The molecule has 188 valence electrons. The molecule has 1 saturated carbocycles. The molecule has 35 heavy (non-hydrogen) atoms. The van der Waals surface area contributed by atoms with Crippen molar-refractivity contribution in [1.82, 2.24) is 0 Å². The van der Waals surface area contributed by atoms with Crippen molar-refractivity contribution >= 4 is 11.6 Å². The second-order valence-electron chi connectivity index (χ2n) is 10.4. The summed E-state index contributed by atoms with van der Waals surface area (Å²) in [7, 11) is 3.02. The van der Waals surface area contributed by atoms with E-state index in [4.69, 9.17) is 28.4 Å². The third-order valence-electron chi connectivity index (χ3n) is 7.62. The molecule has 0 radical (unpaired) electrons. The van der Waals surface area contributed by atoms with Gasteiger partial charge in [0.15, 0.2) is 36.4 Å². The van der Waals surface area contributed by atoms with Gasteiger partial charge in [-0.25, -0.2) is 0 Å². The topological polar surface area (TPSA) is 89.5 Å². The van der Waals surface area contributed by atoms with Crippen LogP contribution in [0.25, 0.3) is 0 Å². The normalized spacial score (nSPS) is 31.3. The second kappa shape index (κ2) is 8.18. The van der Waals surface area contributed by atoms with E-state index in [1.807, 2.05) is 33.8 Å². The standard InChI is InChI=1S/C27H32O8/c1-15(2)7-8-26-24(29)16-9-18-23(28)22-19(33-14-31-6)11-17(32-13-30-5)12-20(22)34-27(18,26)21(10-16)25(3,4)35-26/h7,9,11-12,16,21H,8,10,13-14H2,1-6H3/t16-,21+,26?,27?/m1/s1. The Morgan fingerprint density at radius 1 is 1.11 bits per heavy atom. The predicted molar refractivity (Wildman–Crippen MR) is 126 cm³/mol. The Morgan fingerprint density at radius 2 is 1.83 bits per heavy atom. The molecule has 5 aliphatic rings. The van der Waals surface area contributed by atoms with Gasteiger partial charge in [0.25, 0.3) is 0 Å². The largest absolute Gasteiger partial charge is 0.477 e. The summed E-state index contributed by atoms with van der Waals surface area (Å²) in [6.07, 6.45) is 4.70. The maximum absolute atomic E-state index is 14.1. The molecule has 4 bridgehead atoms. The molecule has 2 heterocycles. The van der Waals surface area contributed by atoms with Crippen LogP contribution >= 0.6 is 0 Å². The lowest BCUT2D eigenvalue weighted by molar-refractivity contribution is -0.171. The van der Waals surface area contributed by atoms with Crippen LogP contribution in [0.5, 0.6) is 17.2 Å². The van der Waals surface area contributed by atoms with Gasteiger partial charge in [-0.1, -0.05) is 17.7 Å². The van der Waals surface area contributed by atoms with E-state index in [0.29, 0.717) is 35.5 Å². The fourth-order valence-corrected chi connectivity index (χ4v) is 6.30. The van der Waals surface area contributed by atoms with Crippen LogP contribution in [-0.4, -0.2) is 56.2 Å². The van der Waals surface area contributed by atoms with Crippen molar-refractivity contribution in [1.29, 1.82) is 0 Å². The minimum absolute atomic E-state index is 0.0101. The van der Waals surface area contributed by atoms with E-state index in [1.165, 1.54) is 14.2 Å². The van der Waals surface area contributed by atoms with Crippen LogP contribution < -0.4 is 14.2 Å². The molecule has 6 rings (SSSR count). The first-order chi connectivity index (χ1) is 16.6. The third-order valence-corrected chi connectivity index (χ3v) is 7.62. The fraction of sp³-hybridized carbons (Fsp3) is 0.556. The molecule has 8 nitrogen and oxygen atoms in total. The Labute approximate surface area is 205 Å². The van der Waals surface area contributed by atoms with Crippen molar-refractivity contribution in [3.05, 3.63) is 41.0 Å². The SMILES string of the molecule is COCOc1cc(OCOC)c2c(c1)OC13C(=C[C@@H]4C[C@H]1C(C)(C)OC3(CC=C(C)C)C4=O)C2=O. The van der Waals surface area contributed by atoms with Crippen molar-refractivity contribution in [3.8, 4) is 17.2 Å². The first-order valence-electron chi connectivity index (χ1n) is 11.9. The van der Waals surface area contributed by atoms with Crippen molar-refractivity contribution < 1.29 is 38.0 Å². The number of fused-ring (bicyclic) bond motifs is 1. The van der Waals surface area contributed by atoms with Crippen molar-refractivity contribution in [3.63, 3.8) is 0 Å². The van der Waals surface area contributed by atoms with E-state index in [9.17, 15) is 9.59 Å². The van der Waals surface area contributed by atoms with E-state index in [2.05, 4.69) is 0 Å². The molecule has 2 aliphatic heterocycles. The third kappa shape index (κ3) is 3.23. The van der Waals surface area contributed by atoms with Gasteiger partial charge in [0.2, 0.25) is 0 Å². The van der Waals surface area contributed by atoms with Gasteiger partial charge in [-0.3, -0.25) is 9.59 Å². The zero-order chi connectivity index (χ0) is 25.2. The minimum Gasteiger partial charge on any atom is -0.477 e. The molecule has 2 unspecified atom stereocenters. The summed E-state index contributed by atoms with van der Waals surface area (Å²) in [6.45, 7) is 7.89. The highest BCUT2D eigenvalue weighted by Crippen LogP contribution is 2.67. The number of benzene rings is 1. The van der Waals surface area contributed by atoms with Crippen LogP contribution in [-0.2, 0) is 19.0 Å². The highest BCUT2D eigenvalue weighted by Gasteiger charge is 2.81. The number of ketones is 2. The molecule has 3 aliphatic carbocycles. The highest BCUT2D eigenvalue weighted by atomic mass is 16.7. The molecule has 1 saturated heterocycles. The van der Waals surface area contributed by atoms with Crippen LogP contribution in [0, 0.1) is 11.8 Å². The summed E-state index contributed by atoms with van der Waals surface area (Å²) in [6, 6.07) is 3.28. The molecular weight excluding hydrogens is 452 g/mol. The summed E-state index contributed by atoms with van der Waals surface area (Å²) >= 11 is 0. The maximum Gasteiger partial charge on any atom is 0.200 e. The molecular formula is C27H32O8. The maximum atomic E-state index is 14.1. The summed E-state index contributed by atoms with van der Waals surface area (Å²) in [5.74, 6) is 0.163. The Kier molecular flexibility index (Phi) is 5.62. The van der Waals surface area contributed by atoms with Crippen molar-refractivity contribution in [2.24, 2.45) is 11.8 Å². The number of methoxy groups -OCH3 is 2. The number of carbonyl (C=O) groups excluding carboxylic acids is 2. The van der Waals surface area contributed by atoms with Gasteiger partial charge >= 0.3 is 0 Å². The molecule has 1 aromatic rings. The Balaban J connectivity index is 1.73. The van der Waals surface area contributed by atoms with Crippen LogP contribution in [0.15, 0.2) is 35.4 Å². The van der Waals surface area contributed by atoms with Gasteiger partial charge in [-0.2, -0.15) is 0 Å². The summed E-state index contributed by atoms with van der Waals surface area (Å²) in [4.78, 5) is 28.0. The number of carbonyl (C=O) groups is 2. The Morgan fingerprint density at radius 3 is 2.51 bits per heavy atom. The number of ether oxygens (including phenoxy) is 6. The highest BCUT2D eigenvalue weighted by molar-refractivity contribution is 6.18. The van der Waals surface area contributed by atoms with E-state index >= 15 is 0 Å². The first kappa shape index (κ1) is 24.0. The second-order valence-corrected chi connectivity index (χ2v) is 10.4. The molecule has 1 aromatic carbocycles. The van der Waals surface area contributed by atoms with Crippen molar-refractivity contribution in [2.45, 2.75) is 57.3 Å². The minimum atomic E-state index is -1.30. The number of rotatable bonds is 8. The summed E-state index contributed by atoms with van der Waals surface area (Å²) in [5, 5.41) is 0. The molecule has 0 aromatic heterocycles. The van der Waals surface area contributed by atoms with Gasteiger partial charge in [-0.05, 0) is 34.1 Å². The van der Waals surface area contributed by atoms with E-state index in [0.717, 1.165) is 5.57 Å². The Hall–Kier alpha value is -2.68. The monoisotopic (exact) mass is 484 g/mol. The van der Waals surface area contributed by atoms with Gasteiger partial charge < -0.3 is 28.4 Å². The van der Waals surface area contributed by atoms with Gasteiger partial charge in [0.05, 0.1) is 5.60 Å². The smallest absolute Gasteiger partial charge is 0.200 e. The molecule has 1 spiro atoms. The van der Waals surface area contributed by atoms with Crippen molar-refractivity contribution in [2.75, 3.05) is 27.8 Å². The molecule has 2 fully saturated rings. The Bertz CT molecular complexity index is 1140. The van der Waals surface area contributed by atoms with Crippen LogP contribution in [0.1, 0.15) is 50.9 Å². The quantitative estimate of drug-likeness (QED) is 0.404. The average molecular weight is 485 g/mol. The van der Waals surface area contributed by atoms with E-state index in [-0.39, 0.29) is 36.8 Å². The lowest BCUT2D eigenvalue weighted by Gasteiger charge is -2.56. The van der Waals surface area contributed by atoms with Crippen LogP contribution in [0.2, 0.25) is 0 Å². The zero-order valence-corrected chi connectivity index (χ0v) is 21.1. The lowest BCUT2D eigenvalue weighted by atomic mass is 9.51. The number of hydrogen-bond donors (Lipinski definition) is 0. The molecule has 4 atom stereocenters. The molecule has 0 N–H and O–H groups in total. The van der Waals surface area contributed by atoms with Crippen LogP contribution in [0.3, 0.4) is 0 Å². The zero-order valence-electron chi connectivity index (χ0n) is 21.1. The lowest BCUT2D eigenvalue weighted by Crippen LogP contribution is -2.72. The van der Waals surface area contributed by atoms with E-state index in [1.54, 1.807) is 18.2 Å². The van der Waals surface area contributed by atoms with Crippen LogP contribution in [0.4, 0.5) is 0 Å². The van der Waals surface area contributed by atoms with E-state index < -0.39 is 22.7 Å². The fourth-order valence-electron chi connectivity index (χ4n) is 6.30. The van der Waals surface area contributed by atoms with Gasteiger partial charge in [0, 0.05) is 50.2 Å². The summed E-state index contributed by atoms with van der Waals surface area (Å²) < 4.78 is 35.1. The first-order valence-corrected chi connectivity index (χ1v) is 11.9. The molecule has 8 heteroatoms. The number of hydrogen-bond acceptors (Lipinski definition) is 8. The van der Waals surface area contributed by atoms with Gasteiger partial charge in [-0.15, -0.1) is 0 Å². The molecule has 0 amide bonds. The summed E-state index contributed by atoms with van der Waals surface area (Å²) in [5.41, 5.74) is -1.37. The average Bonchev–Trinajstić information content (AvgIpc) is 2.96. The number of Topliss-reactive ketones (excluding diaryl/α,β-unsaturated/α-hetero) is 2.